The van der Waals surface area contributed by atoms with Crippen LogP contribution in [-0.2, 0) is 4.57 Å². The Hall–Kier alpha value is -6.81. The molecule has 254 valence electrons. The van der Waals surface area contributed by atoms with Crippen LogP contribution in [0.2, 0.25) is 0 Å². The molecule has 1 unspecified atom stereocenters. The normalized spacial score (nSPS) is 15.1. The van der Waals surface area contributed by atoms with Crippen molar-refractivity contribution in [2.24, 2.45) is 0 Å². The van der Waals surface area contributed by atoms with Crippen molar-refractivity contribution in [3.8, 4) is 28.1 Å². The van der Waals surface area contributed by atoms with Gasteiger partial charge in [0.2, 0.25) is 5.57 Å². The lowest BCUT2D eigenvalue weighted by atomic mass is 9.92. The summed E-state index contributed by atoms with van der Waals surface area (Å²) in [5.74, 6) is 0. The van der Waals surface area contributed by atoms with E-state index in [9.17, 15) is 0 Å². The van der Waals surface area contributed by atoms with Gasteiger partial charge in [-0.05, 0) is 58.8 Å². The molecular weight excluding hydrogens is 680 g/mol. The van der Waals surface area contributed by atoms with Crippen LogP contribution in [-0.4, -0.2) is 14.5 Å². The van der Waals surface area contributed by atoms with Crippen molar-refractivity contribution in [1.29, 1.82) is 0 Å². The van der Waals surface area contributed by atoms with Crippen LogP contribution < -0.4 is 15.5 Å². The summed E-state index contributed by atoms with van der Waals surface area (Å²) in [7, 11) is -3.91. The van der Waals surface area contributed by atoms with Crippen LogP contribution in [0.1, 0.15) is 0 Å². The summed E-state index contributed by atoms with van der Waals surface area (Å²) < 4.78 is 21.7. The van der Waals surface area contributed by atoms with E-state index in [2.05, 4.69) is 112 Å². The highest BCUT2D eigenvalue weighted by Gasteiger charge is 2.47. The first-order valence-corrected chi connectivity index (χ1v) is 19.8. The van der Waals surface area contributed by atoms with Crippen molar-refractivity contribution in [3.63, 3.8) is 0 Å². The highest BCUT2D eigenvalue weighted by Crippen LogP contribution is 2.64. The van der Waals surface area contributed by atoms with Crippen LogP contribution >= 0.6 is 7.29 Å². The molecule has 1 atom stereocenters. The fourth-order valence-electron chi connectivity index (χ4n) is 8.50. The zero-order chi connectivity index (χ0) is 35.8. The van der Waals surface area contributed by atoms with Crippen LogP contribution in [0.3, 0.4) is 0 Å². The third-order valence-corrected chi connectivity index (χ3v) is 13.5. The third kappa shape index (κ3) is 4.30. The van der Waals surface area contributed by atoms with E-state index in [1.54, 1.807) is 0 Å². The Kier molecular flexibility index (Phi) is 6.76. The lowest BCUT2D eigenvalue weighted by molar-refractivity contribution is 0.586. The van der Waals surface area contributed by atoms with E-state index in [0.717, 1.165) is 82.9 Å². The van der Waals surface area contributed by atoms with Gasteiger partial charge in [0.1, 0.15) is 0 Å². The quantitative estimate of drug-likeness (QED) is 0.171. The fourth-order valence-corrected chi connectivity index (χ4v) is 11.3. The lowest BCUT2D eigenvalue weighted by Crippen LogP contribution is -2.37. The molecule has 0 spiro atoms. The second-order valence-electron chi connectivity index (χ2n) is 13.7. The van der Waals surface area contributed by atoms with Crippen molar-refractivity contribution in [2.45, 2.75) is 0 Å². The van der Waals surface area contributed by atoms with Gasteiger partial charge in [-0.1, -0.05) is 146 Å². The Morgan fingerprint density at radius 2 is 1.06 bits per heavy atom. The minimum atomic E-state index is -3.91. The average molecular weight is 711 g/mol. The molecule has 0 saturated carbocycles. The number of para-hydroxylation sites is 4. The third-order valence-electron chi connectivity index (χ3n) is 10.7. The zero-order valence-corrected chi connectivity index (χ0v) is 29.9. The SMILES string of the molecule is O=P1(c2nc(-c3ccccc3)c3ccccc3n2)c2ccccc2-c2c(c3c(c4ccccc24)c2ccccc2n3-c2ccccc2)N1c1ccccc1. The highest BCUT2D eigenvalue weighted by molar-refractivity contribution is 7.80. The monoisotopic (exact) mass is 710 g/mol. The lowest BCUT2D eigenvalue weighted by Gasteiger charge is -2.40. The molecule has 2 aromatic heterocycles. The molecule has 0 amide bonds. The number of rotatable bonds is 4. The highest BCUT2D eigenvalue weighted by atomic mass is 31.2. The summed E-state index contributed by atoms with van der Waals surface area (Å²) in [6.07, 6.45) is 0. The first kappa shape index (κ1) is 30.8. The van der Waals surface area contributed by atoms with E-state index in [-0.39, 0.29) is 0 Å². The maximum Gasteiger partial charge on any atom is 0.270 e. The topological polar surface area (TPSA) is 51.0 Å². The fraction of sp³-hybridized carbons (Fsp3) is 0. The van der Waals surface area contributed by atoms with Gasteiger partial charge in [-0.3, -0.25) is 9.24 Å². The minimum absolute atomic E-state index is 0.297. The summed E-state index contributed by atoms with van der Waals surface area (Å²) in [6, 6.07) is 64.2. The Labute approximate surface area is 311 Å². The Bertz CT molecular complexity index is 3140. The van der Waals surface area contributed by atoms with E-state index in [1.165, 1.54) is 0 Å². The summed E-state index contributed by atoms with van der Waals surface area (Å²) in [6.45, 7) is 0. The van der Waals surface area contributed by atoms with Crippen molar-refractivity contribution < 1.29 is 4.57 Å². The van der Waals surface area contributed by atoms with E-state index in [1.807, 2.05) is 84.9 Å². The van der Waals surface area contributed by atoms with Crippen LogP contribution in [0.15, 0.2) is 188 Å². The van der Waals surface area contributed by atoms with Gasteiger partial charge in [-0.25, -0.2) is 9.97 Å². The van der Waals surface area contributed by atoms with E-state index in [4.69, 9.17) is 9.97 Å². The zero-order valence-electron chi connectivity index (χ0n) is 29.0. The summed E-state index contributed by atoms with van der Waals surface area (Å²) in [4.78, 5) is 10.6. The molecule has 0 aliphatic carbocycles. The first-order valence-electron chi connectivity index (χ1n) is 18.1. The molecule has 0 fully saturated rings. The maximum atomic E-state index is 17.2. The molecule has 1 aliphatic heterocycles. The molecule has 6 heteroatoms. The molecule has 5 nitrogen and oxygen atoms in total. The van der Waals surface area contributed by atoms with Crippen LogP contribution in [0, 0.1) is 0 Å². The van der Waals surface area contributed by atoms with Crippen molar-refractivity contribution in [1.82, 2.24) is 14.5 Å². The maximum absolute atomic E-state index is 17.2. The van der Waals surface area contributed by atoms with E-state index >= 15 is 4.57 Å². The molecule has 1 aliphatic rings. The molecule has 0 radical (unpaired) electrons. The van der Waals surface area contributed by atoms with Gasteiger partial charge in [0.05, 0.1) is 27.9 Å². The van der Waals surface area contributed by atoms with Crippen molar-refractivity contribution >= 4 is 73.0 Å². The summed E-state index contributed by atoms with van der Waals surface area (Å²) in [5.41, 5.74) is 9.45. The molecule has 54 heavy (non-hydrogen) atoms. The summed E-state index contributed by atoms with van der Waals surface area (Å²) in [5, 5.41) is 6.10. The molecule has 0 bridgehead atoms. The minimum Gasteiger partial charge on any atom is -0.307 e. The van der Waals surface area contributed by atoms with Gasteiger partial charge < -0.3 is 4.57 Å². The number of nitrogens with zero attached hydrogens (tertiary/aromatic N) is 4. The second-order valence-corrected chi connectivity index (χ2v) is 16.1. The molecular formula is C48H31N4OP. The van der Waals surface area contributed by atoms with E-state index < -0.39 is 7.29 Å². The van der Waals surface area contributed by atoms with Crippen LogP contribution in [0.25, 0.3) is 71.6 Å². The van der Waals surface area contributed by atoms with Crippen LogP contribution in [0.4, 0.5) is 11.4 Å². The Morgan fingerprint density at radius 1 is 0.481 bits per heavy atom. The van der Waals surface area contributed by atoms with Crippen molar-refractivity contribution in [3.05, 3.63) is 188 Å². The number of fused-ring (bicyclic) bond motifs is 11. The molecule has 0 N–H and O–H groups in total. The van der Waals surface area contributed by atoms with E-state index in [0.29, 0.717) is 10.9 Å². The number of benzene rings is 8. The molecule has 3 heterocycles. The van der Waals surface area contributed by atoms with Gasteiger partial charge in [0.25, 0.3) is 7.29 Å². The largest absolute Gasteiger partial charge is 0.307 e. The molecule has 8 aromatic carbocycles. The predicted molar refractivity (Wildman–Crippen MR) is 224 cm³/mol. The molecule has 0 saturated heterocycles. The van der Waals surface area contributed by atoms with Crippen molar-refractivity contribution in [2.75, 3.05) is 4.67 Å². The summed E-state index contributed by atoms with van der Waals surface area (Å²) >= 11 is 0. The average Bonchev–Trinajstić information content (AvgIpc) is 3.60. The first-order chi connectivity index (χ1) is 26.7. The van der Waals surface area contributed by atoms with Gasteiger partial charge in [0.15, 0.2) is 0 Å². The van der Waals surface area contributed by atoms with Gasteiger partial charge in [-0.15, -0.1) is 0 Å². The Morgan fingerprint density at radius 3 is 1.81 bits per heavy atom. The number of hydrogen-bond donors (Lipinski definition) is 0. The van der Waals surface area contributed by atoms with Crippen LogP contribution in [0.5, 0.6) is 0 Å². The number of hydrogen-bond acceptors (Lipinski definition) is 3. The van der Waals surface area contributed by atoms with Gasteiger partial charge >= 0.3 is 0 Å². The smallest absolute Gasteiger partial charge is 0.270 e. The number of aromatic nitrogens is 3. The second kappa shape index (κ2) is 11.9. The number of anilines is 2. The van der Waals surface area contributed by atoms with Gasteiger partial charge in [0, 0.05) is 44.0 Å². The standard InChI is InChI=1S/C48H31N4OP/c53-54(48-49-40-29-15-12-26-37(40)45(50-48)32-18-4-1-5-19-32)42-31-17-14-28-39(42)44-36-25-11-10-24-35(36)43-38-27-13-16-30-41(38)51(33-20-6-2-7-21-33)46(43)47(44)52(54)34-22-8-3-9-23-34/h1-31H. The molecule has 10 aromatic rings. The van der Waals surface area contributed by atoms with Gasteiger partial charge in [-0.2, -0.15) is 0 Å². The Balaban J connectivity index is 1.38. The predicted octanol–water partition coefficient (Wildman–Crippen LogP) is 11.6. The molecule has 11 rings (SSSR count).